The van der Waals surface area contributed by atoms with Crippen molar-refractivity contribution in [3.63, 3.8) is 0 Å². The second-order valence-corrected chi connectivity index (χ2v) is 6.73. The van der Waals surface area contributed by atoms with E-state index in [-0.39, 0.29) is 0 Å². The lowest BCUT2D eigenvalue weighted by molar-refractivity contribution is 0.348. The Balaban J connectivity index is 2.45. The molecule has 1 rings (SSSR count). The third kappa shape index (κ3) is 5.65. The molecule has 1 aliphatic rings. The first-order chi connectivity index (χ1) is 8.31. The van der Waals surface area contributed by atoms with Gasteiger partial charge in [0.15, 0.2) is 0 Å². The maximum atomic E-state index is 3.82. The van der Waals surface area contributed by atoms with Crippen LogP contribution >= 0.6 is 11.8 Å². The zero-order valence-corrected chi connectivity index (χ0v) is 12.8. The molecular weight excluding hydrogens is 226 g/mol. The number of thioether (sulfide) groups is 1. The molecule has 1 aliphatic heterocycles. The van der Waals surface area contributed by atoms with E-state index < -0.39 is 0 Å². The first kappa shape index (κ1) is 15.4. The van der Waals surface area contributed by atoms with Crippen molar-refractivity contribution < 1.29 is 0 Å². The molecule has 0 aromatic carbocycles. The molecule has 102 valence electrons. The predicted octanol–water partition coefficient (Wildman–Crippen LogP) is 4.47. The first-order valence-electron chi connectivity index (χ1n) is 7.66. The lowest BCUT2D eigenvalue weighted by Crippen LogP contribution is -2.41. The van der Waals surface area contributed by atoms with Gasteiger partial charge in [-0.1, -0.05) is 40.0 Å². The fourth-order valence-electron chi connectivity index (χ4n) is 2.76. The van der Waals surface area contributed by atoms with E-state index in [4.69, 9.17) is 0 Å². The van der Waals surface area contributed by atoms with Crippen molar-refractivity contribution in [2.75, 3.05) is 12.3 Å². The van der Waals surface area contributed by atoms with Crippen LogP contribution in [0.2, 0.25) is 0 Å². The molecule has 1 fully saturated rings. The summed E-state index contributed by atoms with van der Waals surface area (Å²) in [6, 6.07) is 0.769. The summed E-state index contributed by atoms with van der Waals surface area (Å²) in [4.78, 5) is 0. The molecular formula is C15H31NS. The third-order valence-corrected chi connectivity index (χ3v) is 5.58. The molecule has 17 heavy (non-hydrogen) atoms. The van der Waals surface area contributed by atoms with Crippen LogP contribution in [-0.2, 0) is 0 Å². The van der Waals surface area contributed by atoms with Crippen LogP contribution in [0.4, 0.5) is 0 Å². The molecule has 0 spiro atoms. The Kier molecular flexibility index (Phi) is 8.38. The Morgan fingerprint density at radius 1 is 1.18 bits per heavy atom. The average Bonchev–Trinajstić information content (AvgIpc) is 2.40. The molecule has 0 amide bonds. The predicted molar refractivity (Wildman–Crippen MR) is 80.9 cm³/mol. The van der Waals surface area contributed by atoms with E-state index in [1.807, 2.05) is 0 Å². The van der Waals surface area contributed by atoms with Gasteiger partial charge in [-0.2, -0.15) is 11.8 Å². The van der Waals surface area contributed by atoms with Gasteiger partial charge in [0.25, 0.3) is 0 Å². The summed E-state index contributed by atoms with van der Waals surface area (Å²) in [5.41, 5.74) is 0. The van der Waals surface area contributed by atoms with Crippen molar-refractivity contribution in [3.05, 3.63) is 0 Å². The van der Waals surface area contributed by atoms with Crippen molar-refractivity contribution in [3.8, 4) is 0 Å². The number of hydrogen-bond donors (Lipinski definition) is 1. The minimum Gasteiger partial charge on any atom is -0.313 e. The fraction of sp³-hybridized carbons (Fsp3) is 1.00. The lowest BCUT2D eigenvalue weighted by atomic mass is 9.91. The highest BCUT2D eigenvalue weighted by atomic mass is 32.2. The summed E-state index contributed by atoms with van der Waals surface area (Å²) in [5, 5.41) is 4.70. The van der Waals surface area contributed by atoms with Gasteiger partial charge in [-0.15, -0.1) is 0 Å². The van der Waals surface area contributed by atoms with Crippen molar-refractivity contribution in [2.24, 2.45) is 5.92 Å². The summed E-state index contributed by atoms with van der Waals surface area (Å²) in [6.45, 7) is 8.16. The summed E-state index contributed by atoms with van der Waals surface area (Å²) >= 11 is 2.22. The van der Waals surface area contributed by atoms with E-state index in [9.17, 15) is 0 Å². The first-order valence-corrected chi connectivity index (χ1v) is 8.71. The molecule has 0 aromatic rings. The molecule has 1 saturated heterocycles. The molecule has 2 atom stereocenters. The fourth-order valence-corrected chi connectivity index (χ4v) is 4.21. The van der Waals surface area contributed by atoms with E-state index in [0.29, 0.717) is 0 Å². The highest BCUT2D eigenvalue weighted by Crippen LogP contribution is 2.31. The topological polar surface area (TPSA) is 12.0 Å². The van der Waals surface area contributed by atoms with Crippen LogP contribution in [-0.4, -0.2) is 23.6 Å². The van der Waals surface area contributed by atoms with Crippen molar-refractivity contribution in [2.45, 2.75) is 77.0 Å². The normalized spacial score (nSPS) is 22.9. The van der Waals surface area contributed by atoms with E-state index in [0.717, 1.165) is 17.2 Å². The maximum absolute atomic E-state index is 3.82. The van der Waals surface area contributed by atoms with Gasteiger partial charge in [0.2, 0.25) is 0 Å². The molecule has 1 heterocycles. The molecule has 1 nitrogen and oxygen atoms in total. The van der Waals surface area contributed by atoms with Gasteiger partial charge in [-0.25, -0.2) is 0 Å². The Bertz CT molecular complexity index is 174. The summed E-state index contributed by atoms with van der Waals surface area (Å²) in [6.07, 6.45) is 9.67. The molecule has 2 heteroatoms. The minimum atomic E-state index is 0.769. The second kappa shape index (κ2) is 9.27. The Labute approximate surface area is 113 Å². The summed E-state index contributed by atoms with van der Waals surface area (Å²) < 4.78 is 0. The van der Waals surface area contributed by atoms with Crippen LogP contribution < -0.4 is 5.32 Å². The minimum absolute atomic E-state index is 0.769. The number of hydrogen-bond acceptors (Lipinski definition) is 2. The number of nitrogens with one attached hydrogen (secondary N) is 1. The van der Waals surface area contributed by atoms with Gasteiger partial charge in [0.1, 0.15) is 0 Å². The van der Waals surface area contributed by atoms with E-state index in [1.54, 1.807) is 0 Å². The van der Waals surface area contributed by atoms with Crippen LogP contribution in [0.1, 0.15) is 65.7 Å². The molecule has 0 aliphatic carbocycles. The lowest BCUT2D eigenvalue weighted by Gasteiger charge is -2.32. The maximum Gasteiger partial charge on any atom is 0.0201 e. The van der Waals surface area contributed by atoms with E-state index in [1.165, 1.54) is 57.2 Å². The molecule has 2 unspecified atom stereocenters. The Morgan fingerprint density at radius 3 is 2.47 bits per heavy atom. The van der Waals surface area contributed by atoms with Crippen LogP contribution in [0.15, 0.2) is 0 Å². The largest absolute Gasteiger partial charge is 0.313 e. The van der Waals surface area contributed by atoms with E-state index >= 15 is 0 Å². The molecule has 1 N–H and O–H groups in total. The standard InChI is InChI=1S/C15H31NS/c1-4-10-16-14(12-13(5-2)6-3)15-9-7-8-11-17-15/h13-16H,4-12H2,1-3H3. The van der Waals surface area contributed by atoms with Crippen molar-refractivity contribution in [1.29, 1.82) is 0 Å². The van der Waals surface area contributed by atoms with Crippen LogP contribution in [0.5, 0.6) is 0 Å². The molecule has 0 aromatic heterocycles. The quantitative estimate of drug-likeness (QED) is 0.688. The smallest absolute Gasteiger partial charge is 0.0201 e. The molecule has 0 radical (unpaired) electrons. The summed E-state index contributed by atoms with van der Waals surface area (Å²) in [7, 11) is 0. The van der Waals surface area contributed by atoms with E-state index in [2.05, 4.69) is 37.8 Å². The zero-order chi connectivity index (χ0) is 12.5. The van der Waals surface area contributed by atoms with Gasteiger partial charge in [0, 0.05) is 11.3 Å². The van der Waals surface area contributed by atoms with Gasteiger partial charge >= 0.3 is 0 Å². The van der Waals surface area contributed by atoms with Gasteiger partial charge in [0.05, 0.1) is 0 Å². The SMILES string of the molecule is CCCNC(CC(CC)CC)C1CCCCS1. The van der Waals surface area contributed by atoms with Crippen molar-refractivity contribution in [1.82, 2.24) is 5.32 Å². The second-order valence-electron chi connectivity index (χ2n) is 5.38. The highest BCUT2D eigenvalue weighted by molar-refractivity contribution is 8.00. The van der Waals surface area contributed by atoms with Crippen LogP contribution in [0.3, 0.4) is 0 Å². The molecule has 0 bridgehead atoms. The van der Waals surface area contributed by atoms with Gasteiger partial charge in [-0.05, 0) is 43.9 Å². The zero-order valence-electron chi connectivity index (χ0n) is 12.0. The Morgan fingerprint density at radius 2 is 1.94 bits per heavy atom. The monoisotopic (exact) mass is 257 g/mol. The number of rotatable bonds is 8. The third-order valence-electron chi connectivity index (χ3n) is 4.06. The van der Waals surface area contributed by atoms with Crippen LogP contribution in [0, 0.1) is 5.92 Å². The van der Waals surface area contributed by atoms with Gasteiger partial charge in [-0.3, -0.25) is 0 Å². The summed E-state index contributed by atoms with van der Waals surface area (Å²) in [5.74, 6) is 2.31. The van der Waals surface area contributed by atoms with Gasteiger partial charge < -0.3 is 5.32 Å². The molecule has 0 saturated carbocycles. The highest BCUT2D eigenvalue weighted by Gasteiger charge is 2.25. The Hall–Kier alpha value is 0.310. The van der Waals surface area contributed by atoms with Crippen LogP contribution in [0.25, 0.3) is 0 Å². The average molecular weight is 257 g/mol. The van der Waals surface area contributed by atoms with Crippen molar-refractivity contribution >= 4 is 11.8 Å².